The molecule has 1 atom stereocenters. The van der Waals surface area contributed by atoms with Gasteiger partial charge in [0.05, 0.1) is 12.2 Å². The van der Waals surface area contributed by atoms with E-state index in [1.807, 2.05) is 37.3 Å². The summed E-state index contributed by atoms with van der Waals surface area (Å²) in [6, 6.07) is 10.3. The number of carbonyl (C=O) groups is 1. The van der Waals surface area contributed by atoms with E-state index in [1.54, 1.807) is 6.07 Å². The van der Waals surface area contributed by atoms with Crippen LogP contribution in [0.2, 0.25) is 0 Å². The lowest BCUT2D eigenvalue weighted by Crippen LogP contribution is -2.33. The summed E-state index contributed by atoms with van der Waals surface area (Å²) in [5, 5.41) is 6.45. The lowest BCUT2D eigenvalue weighted by Gasteiger charge is -2.11. The molecular formula is C13H15N3O2. The molecule has 1 amide bonds. The van der Waals surface area contributed by atoms with Gasteiger partial charge in [0.25, 0.3) is 0 Å². The Hall–Kier alpha value is -2.14. The van der Waals surface area contributed by atoms with Crippen molar-refractivity contribution in [2.24, 2.45) is 5.73 Å². The summed E-state index contributed by atoms with van der Waals surface area (Å²) < 4.78 is 4.99. The lowest BCUT2D eigenvalue weighted by atomic mass is 10.1. The molecule has 0 saturated carbocycles. The highest BCUT2D eigenvalue weighted by atomic mass is 16.5. The van der Waals surface area contributed by atoms with Crippen LogP contribution >= 0.6 is 0 Å². The predicted molar refractivity (Wildman–Crippen MR) is 66.5 cm³/mol. The molecule has 0 radical (unpaired) electrons. The SMILES string of the molecule is Cc1cc(CNC(=O)[C@H](N)c2ccccc2)on1. The number of carbonyl (C=O) groups excluding carboxylic acids is 1. The van der Waals surface area contributed by atoms with Gasteiger partial charge in [-0.1, -0.05) is 35.5 Å². The van der Waals surface area contributed by atoms with Crippen molar-refractivity contribution < 1.29 is 9.32 Å². The van der Waals surface area contributed by atoms with E-state index in [0.29, 0.717) is 12.3 Å². The molecule has 0 aliphatic carbocycles. The van der Waals surface area contributed by atoms with E-state index in [2.05, 4.69) is 10.5 Å². The number of amides is 1. The zero-order chi connectivity index (χ0) is 13.0. The third-order valence-electron chi connectivity index (χ3n) is 2.55. The first-order valence-corrected chi connectivity index (χ1v) is 5.67. The van der Waals surface area contributed by atoms with Crippen LogP contribution < -0.4 is 11.1 Å². The number of nitrogens with two attached hydrogens (primary N) is 1. The second-order valence-electron chi connectivity index (χ2n) is 4.04. The summed E-state index contributed by atoms with van der Waals surface area (Å²) in [5.74, 6) is 0.372. The first-order valence-electron chi connectivity index (χ1n) is 5.67. The topological polar surface area (TPSA) is 81.2 Å². The molecule has 1 aromatic heterocycles. The Morgan fingerprint density at radius 1 is 1.44 bits per heavy atom. The molecule has 0 bridgehead atoms. The van der Waals surface area contributed by atoms with E-state index in [9.17, 15) is 4.79 Å². The number of benzene rings is 1. The highest BCUT2D eigenvalue weighted by Crippen LogP contribution is 2.09. The molecule has 0 spiro atoms. The normalized spacial score (nSPS) is 12.1. The third kappa shape index (κ3) is 2.95. The summed E-state index contributed by atoms with van der Waals surface area (Å²) in [5.41, 5.74) is 7.41. The van der Waals surface area contributed by atoms with Gasteiger partial charge in [-0.15, -0.1) is 0 Å². The van der Waals surface area contributed by atoms with Gasteiger partial charge in [0, 0.05) is 6.07 Å². The van der Waals surface area contributed by atoms with E-state index in [1.165, 1.54) is 0 Å². The summed E-state index contributed by atoms with van der Waals surface area (Å²) in [4.78, 5) is 11.8. The fraction of sp³-hybridized carbons (Fsp3) is 0.231. The Morgan fingerprint density at radius 3 is 2.78 bits per heavy atom. The molecule has 94 valence electrons. The summed E-state index contributed by atoms with van der Waals surface area (Å²) in [7, 11) is 0. The minimum absolute atomic E-state index is 0.241. The van der Waals surface area contributed by atoms with Gasteiger partial charge in [-0.2, -0.15) is 0 Å². The van der Waals surface area contributed by atoms with Crippen LogP contribution in [0.15, 0.2) is 40.9 Å². The fourth-order valence-electron chi connectivity index (χ4n) is 1.60. The van der Waals surface area contributed by atoms with Crippen LogP contribution in [-0.4, -0.2) is 11.1 Å². The van der Waals surface area contributed by atoms with Crippen LogP contribution in [-0.2, 0) is 11.3 Å². The number of hydrogen-bond acceptors (Lipinski definition) is 4. The summed E-state index contributed by atoms with van der Waals surface area (Å²) in [6.07, 6.45) is 0. The van der Waals surface area contributed by atoms with Crippen molar-refractivity contribution in [3.05, 3.63) is 53.4 Å². The number of hydrogen-bond donors (Lipinski definition) is 2. The van der Waals surface area contributed by atoms with E-state index >= 15 is 0 Å². The molecule has 18 heavy (non-hydrogen) atoms. The van der Waals surface area contributed by atoms with E-state index in [4.69, 9.17) is 10.3 Å². The quantitative estimate of drug-likeness (QED) is 0.850. The number of nitrogens with one attached hydrogen (secondary N) is 1. The molecule has 2 rings (SSSR count). The number of aromatic nitrogens is 1. The lowest BCUT2D eigenvalue weighted by molar-refractivity contribution is -0.122. The Kier molecular flexibility index (Phi) is 3.74. The molecule has 5 heteroatoms. The van der Waals surface area contributed by atoms with Crippen molar-refractivity contribution in [3.63, 3.8) is 0 Å². The maximum absolute atomic E-state index is 11.8. The Bertz CT molecular complexity index is 522. The van der Waals surface area contributed by atoms with Crippen molar-refractivity contribution in [3.8, 4) is 0 Å². The van der Waals surface area contributed by atoms with Gasteiger partial charge in [0.15, 0.2) is 5.76 Å². The zero-order valence-corrected chi connectivity index (χ0v) is 10.1. The number of aryl methyl sites for hydroxylation is 1. The van der Waals surface area contributed by atoms with E-state index in [0.717, 1.165) is 11.3 Å². The summed E-state index contributed by atoms with van der Waals surface area (Å²) in [6.45, 7) is 2.12. The largest absolute Gasteiger partial charge is 0.359 e. The zero-order valence-electron chi connectivity index (χ0n) is 10.1. The van der Waals surface area contributed by atoms with Crippen molar-refractivity contribution in [2.75, 3.05) is 0 Å². The molecule has 0 unspecified atom stereocenters. The molecule has 1 aromatic carbocycles. The maximum atomic E-state index is 11.8. The van der Waals surface area contributed by atoms with Crippen LogP contribution in [0.1, 0.15) is 23.1 Å². The van der Waals surface area contributed by atoms with Crippen LogP contribution in [0.25, 0.3) is 0 Å². The van der Waals surface area contributed by atoms with Gasteiger partial charge in [0.2, 0.25) is 5.91 Å². The van der Waals surface area contributed by atoms with Crippen molar-refractivity contribution in [1.29, 1.82) is 0 Å². The average Bonchev–Trinajstić information content (AvgIpc) is 2.82. The molecule has 5 nitrogen and oxygen atoms in total. The molecular weight excluding hydrogens is 230 g/mol. The van der Waals surface area contributed by atoms with Crippen LogP contribution in [0.4, 0.5) is 0 Å². The molecule has 0 saturated heterocycles. The minimum Gasteiger partial charge on any atom is -0.359 e. The van der Waals surface area contributed by atoms with Gasteiger partial charge in [0.1, 0.15) is 6.04 Å². The molecule has 0 aliphatic heterocycles. The Balaban J connectivity index is 1.92. The maximum Gasteiger partial charge on any atom is 0.241 e. The molecule has 0 fully saturated rings. The fourth-order valence-corrected chi connectivity index (χ4v) is 1.60. The second-order valence-corrected chi connectivity index (χ2v) is 4.04. The van der Waals surface area contributed by atoms with Crippen LogP contribution in [0, 0.1) is 6.92 Å². The monoisotopic (exact) mass is 245 g/mol. The van der Waals surface area contributed by atoms with Gasteiger partial charge in [-0.05, 0) is 12.5 Å². The molecule has 0 aliphatic rings. The number of rotatable bonds is 4. The number of nitrogens with zero attached hydrogens (tertiary/aromatic N) is 1. The van der Waals surface area contributed by atoms with Crippen LogP contribution in [0.3, 0.4) is 0 Å². The van der Waals surface area contributed by atoms with Gasteiger partial charge in [-0.3, -0.25) is 4.79 Å². The third-order valence-corrected chi connectivity index (χ3v) is 2.55. The van der Waals surface area contributed by atoms with Crippen LogP contribution in [0.5, 0.6) is 0 Å². The molecule has 1 heterocycles. The van der Waals surface area contributed by atoms with Crippen molar-refractivity contribution in [1.82, 2.24) is 10.5 Å². The van der Waals surface area contributed by atoms with E-state index in [-0.39, 0.29) is 5.91 Å². The second kappa shape index (κ2) is 5.46. The Labute approximate surface area is 105 Å². The summed E-state index contributed by atoms with van der Waals surface area (Å²) >= 11 is 0. The Morgan fingerprint density at radius 2 is 2.17 bits per heavy atom. The molecule has 2 aromatic rings. The average molecular weight is 245 g/mol. The van der Waals surface area contributed by atoms with Gasteiger partial charge < -0.3 is 15.6 Å². The van der Waals surface area contributed by atoms with Gasteiger partial charge in [-0.25, -0.2) is 0 Å². The smallest absolute Gasteiger partial charge is 0.241 e. The first kappa shape index (κ1) is 12.3. The highest BCUT2D eigenvalue weighted by molar-refractivity contribution is 5.82. The van der Waals surface area contributed by atoms with Crippen molar-refractivity contribution in [2.45, 2.75) is 19.5 Å². The van der Waals surface area contributed by atoms with Crippen molar-refractivity contribution >= 4 is 5.91 Å². The van der Waals surface area contributed by atoms with Gasteiger partial charge >= 0.3 is 0 Å². The predicted octanol–water partition coefficient (Wildman–Crippen LogP) is 1.30. The van der Waals surface area contributed by atoms with E-state index < -0.39 is 6.04 Å². The standard InChI is InChI=1S/C13H15N3O2/c1-9-7-11(18-16-9)8-15-13(17)12(14)10-5-3-2-4-6-10/h2-7,12H,8,14H2,1H3,(H,15,17)/t12-/m1/s1. The highest BCUT2D eigenvalue weighted by Gasteiger charge is 2.15. The molecule has 3 N–H and O–H groups in total. The minimum atomic E-state index is -0.671. The first-order chi connectivity index (χ1) is 8.66.